The monoisotopic (exact) mass is 420 g/mol. The topological polar surface area (TPSA) is 50.3 Å². The molecule has 1 amide bonds. The van der Waals surface area contributed by atoms with E-state index in [1.54, 1.807) is 18.0 Å². The molecule has 0 fully saturated rings. The maximum atomic E-state index is 12.6. The van der Waals surface area contributed by atoms with Crippen LogP contribution in [0.25, 0.3) is 11.1 Å². The lowest BCUT2D eigenvalue weighted by atomic mass is 9.99. The molecular formula is C25H25ClN2O2. The number of hydrogen-bond acceptors (Lipinski definition) is 3. The third kappa shape index (κ3) is 5.14. The summed E-state index contributed by atoms with van der Waals surface area (Å²) < 4.78 is 0. The summed E-state index contributed by atoms with van der Waals surface area (Å²) in [6, 6.07) is 17.2. The molecule has 0 aliphatic heterocycles. The lowest BCUT2D eigenvalue weighted by Crippen LogP contribution is -2.24. The minimum atomic E-state index is 0.0159. The van der Waals surface area contributed by atoms with Gasteiger partial charge in [-0.3, -0.25) is 14.6 Å². The van der Waals surface area contributed by atoms with Crippen molar-refractivity contribution in [1.29, 1.82) is 0 Å². The van der Waals surface area contributed by atoms with Crippen LogP contribution in [0.1, 0.15) is 41.4 Å². The van der Waals surface area contributed by atoms with E-state index in [0.29, 0.717) is 29.8 Å². The maximum absolute atomic E-state index is 12.6. The van der Waals surface area contributed by atoms with Gasteiger partial charge >= 0.3 is 0 Å². The van der Waals surface area contributed by atoms with Gasteiger partial charge in [0, 0.05) is 43.0 Å². The number of Topliss-reactive ketones (excluding diaryl/α,β-unsaturated/α-hetero) is 1. The standard InChI is InChI=1S/C25H25ClN2O2/c1-4-25(30)28(3)21-11-8-19(9-12-21)20-10-13-22(23(26)15-20)24(29)14-7-18-6-5-17(2)27-16-18/h5-6,8-13,15-16H,4,7,14H2,1-3H3. The molecule has 2 aromatic carbocycles. The number of hydrogen-bond donors (Lipinski definition) is 0. The number of ketones is 1. The van der Waals surface area contributed by atoms with E-state index < -0.39 is 0 Å². The summed E-state index contributed by atoms with van der Waals surface area (Å²) in [6.45, 7) is 3.78. The second-order valence-corrected chi connectivity index (χ2v) is 7.69. The number of anilines is 1. The molecule has 0 spiro atoms. The molecule has 30 heavy (non-hydrogen) atoms. The van der Waals surface area contributed by atoms with E-state index in [9.17, 15) is 9.59 Å². The van der Waals surface area contributed by atoms with Crippen LogP contribution in [-0.4, -0.2) is 23.7 Å². The molecule has 1 heterocycles. The Balaban J connectivity index is 1.70. The van der Waals surface area contributed by atoms with Gasteiger partial charge in [0.05, 0.1) is 5.02 Å². The Hall–Kier alpha value is -2.98. The maximum Gasteiger partial charge on any atom is 0.226 e. The number of aromatic nitrogens is 1. The fraction of sp³-hybridized carbons (Fsp3) is 0.240. The van der Waals surface area contributed by atoms with Crippen LogP contribution in [-0.2, 0) is 11.2 Å². The normalized spacial score (nSPS) is 10.7. The van der Waals surface area contributed by atoms with Crippen molar-refractivity contribution in [2.45, 2.75) is 33.1 Å². The molecular weight excluding hydrogens is 396 g/mol. The third-order valence-corrected chi connectivity index (χ3v) is 5.46. The lowest BCUT2D eigenvalue weighted by Gasteiger charge is -2.17. The summed E-state index contributed by atoms with van der Waals surface area (Å²) in [5.74, 6) is 0.0808. The van der Waals surface area contributed by atoms with Gasteiger partial charge in [-0.1, -0.05) is 42.8 Å². The summed E-state index contributed by atoms with van der Waals surface area (Å²) in [5.41, 5.74) is 5.27. The van der Waals surface area contributed by atoms with Crippen molar-refractivity contribution in [1.82, 2.24) is 4.98 Å². The SMILES string of the molecule is CCC(=O)N(C)c1ccc(-c2ccc(C(=O)CCc3ccc(C)nc3)c(Cl)c2)cc1. The van der Waals surface area contributed by atoms with Gasteiger partial charge in [0.25, 0.3) is 0 Å². The van der Waals surface area contributed by atoms with Crippen molar-refractivity contribution in [3.05, 3.63) is 82.6 Å². The van der Waals surface area contributed by atoms with E-state index in [1.807, 2.05) is 68.6 Å². The fourth-order valence-corrected chi connectivity index (χ4v) is 3.50. The molecule has 0 atom stereocenters. The molecule has 0 aliphatic rings. The zero-order valence-electron chi connectivity index (χ0n) is 17.5. The number of nitrogens with zero attached hydrogens (tertiary/aromatic N) is 2. The third-order valence-electron chi connectivity index (χ3n) is 5.15. The molecule has 0 N–H and O–H groups in total. The summed E-state index contributed by atoms with van der Waals surface area (Å²) in [7, 11) is 1.77. The first kappa shape index (κ1) is 21.7. The predicted octanol–water partition coefficient (Wildman–Crippen LogP) is 5.90. The van der Waals surface area contributed by atoms with Gasteiger partial charge in [-0.25, -0.2) is 0 Å². The average molecular weight is 421 g/mol. The zero-order chi connectivity index (χ0) is 21.7. The Morgan fingerprint density at radius 1 is 1.00 bits per heavy atom. The average Bonchev–Trinajstić information content (AvgIpc) is 2.77. The van der Waals surface area contributed by atoms with E-state index >= 15 is 0 Å². The molecule has 154 valence electrons. The highest BCUT2D eigenvalue weighted by atomic mass is 35.5. The summed E-state index contributed by atoms with van der Waals surface area (Å²) in [6.07, 6.45) is 3.29. The molecule has 0 aliphatic carbocycles. The molecule has 4 nitrogen and oxygen atoms in total. The van der Waals surface area contributed by atoms with Crippen molar-refractivity contribution in [3.8, 4) is 11.1 Å². The van der Waals surface area contributed by atoms with E-state index in [2.05, 4.69) is 4.98 Å². The van der Waals surface area contributed by atoms with E-state index in [0.717, 1.165) is 28.1 Å². The summed E-state index contributed by atoms with van der Waals surface area (Å²) in [4.78, 5) is 30.4. The Morgan fingerprint density at radius 3 is 2.30 bits per heavy atom. The fourth-order valence-electron chi connectivity index (χ4n) is 3.22. The summed E-state index contributed by atoms with van der Waals surface area (Å²) in [5, 5.41) is 0.446. The molecule has 0 unspecified atom stereocenters. The van der Waals surface area contributed by atoms with Crippen molar-refractivity contribution in [2.24, 2.45) is 0 Å². The molecule has 3 aromatic rings. The van der Waals surface area contributed by atoms with Gasteiger partial charge in [0.2, 0.25) is 5.91 Å². The number of carbonyl (C=O) groups is 2. The highest BCUT2D eigenvalue weighted by molar-refractivity contribution is 6.34. The van der Waals surface area contributed by atoms with Crippen LogP contribution in [0, 0.1) is 6.92 Å². The Labute approximate surface area is 182 Å². The van der Waals surface area contributed by atoms with Crippen LogP contribution in [0.3, 0.4) is 0 Å². The largest absolute Gasteiger partial charge is 0.316 e. The van der Waals surface area contributed by atoms with Gasteiger partial charge in [-0.05, 0) is 60.4 Å². The molecule has 0 saturated heterocycles. The van der Waals surface area contributed by atoms with Gasteiger partial charge < -0.3 is 4.90 Å². The Kier molecular flexibility index (Phi) is 7.01. The Bertz CT molecular complexity index is 1040. The zero-order valence-corrected chi connectivity index (χ0v) is 18.2. The van der Waals surface area contributed by atoms with Crippen molar-refractivity contribution in [3.63, 3.8) is 0 Å². The number of carbonyl (C=O) groups excluding carboxylic acids is 2. The molecule has 1 aromatic heterocycles. The van der Waals surface area contributed by atoms with E-state index in [1.165, 1.54) is 0 Å². The van der Waals surface area contributed by atoms with Crippen LogP contribution >= 0.6 is 11.6 Å². The number of amides is 1. The number of aryl methyl sites for hydroxylation is 2. The van der Waals surface area contributed by atoms with Crippen molar-refractivity contribution < 1.29 is 9.59 Å². The molecule has 3 rings (SSSR count). The lowest BCUT2D eigenvalue weighted by molar-refractivity contribution is -0.118. The van der Waals surface area contributed by atoms with Crippen molar-refractivity contribution >= 4 is 29.0 Å². The highest BCUT2D eigenvalue weighted by Crippen LogP contribution is 2.28. The van der Waals surface area contributed by atoms with Gasteiger partial charge in [0.1, 0.15) is 0 Å². The van der Waals surface area contributed by atoms with Crippen LogP contribution in [0.5, 0.6) is 0 Å². The molecule has 5 heteroatoms. The molecule has 0 radical (unpaired) electrons. The van der Waals surface area contributed by atoms with Crippen LogP contribution < -0.4 is 4.90 Å². The van der Waals surface area contributed by atoms with Gasteiger partial charge in [0.15, 0.2) is 5.78 Å². The van der Waals surface area contributed by atoms with Gasteiger partial charge in [-0.2, -0.15) is 0 Å². The number of pyridine rings is 1. The van der Waals surface area contributed by atoms with E-state index in [4.69, 9.17) is 11.6 Å². The first-order valence-electron chi connectivity index (χ1n) is 10.00. The van der Waals surface area contributed by atoms with Crippen LogP contribution in [0.2, 0.25) is 5.02 Å². The van der Waals surface area contributed by atoms with Gasteiger partial charge in [-0.15, -0.1) is 0 Å². The number of halogens is 1. The molecule has 0 bridgehead atoms. The molecule has 0 saturated carbocycles. The summed E-state index contributed by atoms with van der Waals surface area (Å²) >= 11 is 6.43. The van der Waals surface area contributed by atoms with Crippen molar-refractivity contribution in [2.75, 3.05) is 11.9 Å². The Morgan fingerprint density at radius 2 is 1.70 bits per heavy atom. The number of rotatable bonds is 7. The highest BCUT2D eigenvalue weighted by Gasteiger charge is 2.13. The first-order valence-corrected chi connectivity index (χ1v) is 10.4. The first-order chi connectivity index (χ1) is 14.4. The second-order valence-electron chi connectivity index (χ2n) is 7.28. The minimum absolute atomic E-state index is 0.0159. The quantitative estimate of drug-likeness (QED) is 0.447. The predicted molar refractivity (Wildman–Crippen MR) is 122 cm³/mol. The van der Waals surface area contributed by atoms with Crippen LogP contribution in [0.15, 0.2) is 60.8 Å². The van der Waals surface area contributed by atoms with E-state index in [-0.39, 0.29) is 11.7 Å². The minimum Gasteiger partial charge on any atom is -0.316 e. The second kappa shape index (κ2) is 9.68. The smallest absolute Gasteiger partial charge is 0.226 e. The van der Waals surface area contributed by atoms with Crippen LogP contribution in [0.4, 0.5) is 5.69 Å². The number of benzene rings is 2.